The molecule has 3 aromatic carbocycles. The number of para-hydroxylation sites is 1. The van der Waals surface area contributed by atoms with Gasteiger partial charge in [-0.15, -0.1) is 0 Å². The Labute approximate surface area is 192 Å². The quantitative estimate of drug-likeness (QED) is 0.530. The molecule has 0 fully saturated rings. The highest BCUT2D eigenvalue weighted by molar-refractivity contribution is 7.92. The zero-order valence-electron chi connectivity index (χ0n) is 17.7. The number of carbonyl (C=O) groups excluding carboxylic acids is 2. The fourth-order valence-corrected chi connectivity index (χ4v) is 5.15. The molecule has 0 saturated carbocycles. The van der Waals surface area contributed by atoms with Crippen LogP contribution >= 0.6 is 0 Å². The van der Waals surface area contributed by atoms with Crippen LogP contribution in [-0.4, -0.2) is 33.4 Å². The monoisotopic (exact) mass is 465 g/mol. The van der Waals surface area contributed by atoms with Gasteiger partial charge >= 0.3 is 0 Å². The molecular formula is C24H23N3O5S. The minimum atomic E-state index is -3.68. The third-order valence-electron chi connectivity index (χ3n) is 5.24. The number of amides is 2. The van der Waals surface area contributed by atoms with Crippen molar-refractivity contribution < 1.29 is 22.7 Å². The summed E-state index contributed by atoms with van der Waals surface area (Å²) in [5, 5.41) is 2.69. The van der Waals surface area contributed by atoms with Gasteiger partial charge in [0.25, 0.3) is 15.9 Å². The Bertz CT molecular complexity index is 1270. The molecular weight excluding hydrogens is 442 g/mol. The van der Waals surface area contributed by atoms with Crippen LogP contribution in [-0.2, 0) is 32.5 Å². The summed E-state index contributed by atoms with van der Waals surface area (Å²) < 4.78 is 33.0. The van der Waals surface area contributed by atoms with E-state index in [-0.39, 0.29) is 23.8 Å². The maximum Gasteiger partial charge on any atom is 0.264 e. The molecule has 1 heterocycles. The van der Waals surface area contributed by atoms with Crippen molar-refractivity contribution in [3.8, 4) is 5.75 Å². The number of carbonyl (C=O) groups is 2. The van der Waals surface area contributed by atoms with Gasteiger partial charge in [0, 0.05) is 12.2 Å². The van der Waals surface area contributed by atoms with Gasteiger partial charge in [-0.3, -0.25) is 13.9 Å². The van der Waals surface area contributed by atoms with Crippen LogP contribution in [0.3, 0.4) is 0 Å². The van der Waals surface area contributed by atoms with E-state index in [0.29, 0.717) is 30.1 Å². The topological polar surface area (TPSA) is 119 Å². The van der Waals surface area contributed by atoms with E-state index in [2.05, 4.69) is 5.32 Å². The Morgan fingerprint density at radius 1 is 0.970 bits per heavy atom. The highest BCUT2D eigenvalue weighted by Crippen LogP contribution is 2.33. The summed E-state index contributed by atoms with van der Waals surface area (Å²) in [6.45, 7) is 0.165. The molecule has 0 spiro atoms. The summed E-state index contributed by atoms with van der Waals surface area (Å²) in [5.41, 5.74) is 8.19. The van der Waals surface area contributed by atoms with Crippen molar-refractivity contribution in [1.29, 1.82) is 0 Å². The molecule has 4 rings (SSSR count). The minimum Gasteiger partial charge on any atom is -0.484 e. The first-order valence-electron chi connectivity index (χ1n) is 10.3. The van der Waals surface area contributed by atoms with E-state index < -0.39 is 15.9 Å². The molecule has 8 nitrogen and oxygen atoms in total. The van der Waals surface area contributed by atoms with Gasteiger partial charge in [0.05, 0.1) is 17.0 Å². The Kier molecular flexibility index (Phi) is 6.32. The van der Waals surface area contributed by atoms with Gasteiger partial charge < -0.3 is 15.8 Å². The second-order valence-corrected chi connectivity index (χ2v) is 9.47. The molecule has 170 valence electrons. The Morgan fingerprint density at radius 3 is 2.36 bits per heavy atom. The van der Waals surface area contributed by atoms with Crippen molar-refractivity contribution in [2.45, 2.75) is 17.7 Å². The molecule has 0 bridgehead atoms. The number of hydrogen-bond acceptors (Lipinski definition) is 5. The average Bonchev–Trinajstić information content (AvgIpc) is 3.24. The summed E-state index contributed by atoms with van der Waals surface area (Å²) in [6.07, 6.45) is 0.812. The molecule has 33 heavy (non-hydrogen) atoms. The standard InChI is InChI=1S/C24H23N3O5S/c25-23(28)15-17-5-7-19(8-6-17)26-24(29)16-32-20-9-11-21(12-10-20)33(30,31)27-14-13-18-3-1-2-4-22(18)27/h1-12H,13-16H2,(H2,25,28)(H,26,29). The van der Waals surface area contributed by atoms with Crippen LogP contribution in [0.2, 0.25) is 0 Å². The Hall–Kier alpha value is -3.85. The molecule has 0 aromatic heterocycles. The van der Waals surface area contributed by atoms with Crippen LogP contribution < -0.4 is 20.1 Å². The molecule has 2 amide bonds. The largest absolute Gasteiger partial charge is 0.484 e. The number of rotatable bonds is 8. The summed E-state index contributed by atoms with van der Waals surface area (Å²) in [4.78, 5) is 23.3. The molecule has 1 aliphatic heterocycles. The van der Waals surface area contributed by atoms with Gasteiger partial charge in [-0.1, -0.05) is 30.3 Å². The number of ether oxygens (including phenoxy) is 1. The first-order chi connectivity index (χ1) is 15.8. The number of nitrogens with one attached hydrogen (secondary N) is 1. The van der Waals surface area contributed by atoms with E-state index in [9.17, 15) is 18.0 Å². The first kappa shape index (κ1) is 22.3. The van der Waals surface area contributed by atoms with Gasteiger partial charge in [0.15, 0.2) is 6.61 Å². The molecule has 0 unspecified atom stereocenters. The molecule has 9 heteroatoms. The van der Waals surface area contributed by atoms with Crippen molar-refractivity contribution in [3.63, 3.8) is 0 Å². The Balaban J connectivity index is 1.34. The average molecular weight is 466 g/mol. The normalized spacial score (nSPS) is 12.8. The lowest BCUT2D eigenvalue weighted by molar-refractivity contribution is -0.118. The number of benzene rings is 3. The second-order valence-electron chi connectivity index (χ2n) is 7.60. The number of nitrogens with zero attached hydrogens (tertiary/aromatic N) is 1. The van der Waals surface area contributed by atoms with E-state index in [1.807, 2.05) is 18.2 Å². The van der Waals surface area contributed by atoms with Crippen LogP contribution in [0.5, 0.6) is 5.75 Å². The fraction of sp³-hybridized carbons (Fsp3) is 0.167. The van der Waals surface area contributed by atoms with Crippen molar-refractivity contribution >= 4 is 33.2 Å². The molecule has 0 aliphatic carbocycles. The number of fused-ring (bicyclic) bond motifs is 1. The Morgan fingerprint density at radius 2 is 1.67 bits per heavy atom. The lowest BCUT2D eigenvalue weighted by Gasteiger charge is -2.19. The lowest BCUT2D eigenvalue weighted by atomic mass is 10.1. The first-order valence-corrected chi connectivity index (χ1v) is 11.8. The molecule has 3 N–H and O–H groups in total. The van der Waals surface area contributed by atoms with Gasteiger partial charge in [0.2, 0.25) is 5.91 Å². The van der Waals surface area contributed by atoms with Gasteiger partial charge in [-0.25, -0.2) is 8.42 Å². The van der Waals surface area contributed by atoms with Crippen molar-refractivity contribution in [1.82, 2.24) is 0 Å². The van der Waals surface area contributed by atoms with E-state index >= 15 is 0 Å². The fourth-order valence-electron chi connectivity index (χ4n) is 3.65. The number of anilines is 2. The predicted octanol–water partition coefficient (Wildman–Crippen LogP) is 2.48. The third-order valence-corrected chi connectivity index (χ3v) is 7.07. The maximum absolute atomic E-state index is 13.1. The van der Waals surface area contributed by atoms with Crippen molar-refractivity contribution in [2.75, 3.05) is 22.8 Å². The summed E-state index contributed by atoms with van der Waals surface area (Å²) >= 11 is 0. The summed E-state index contributed by atoms with van der Waals surface area (Å²) in [5.74, 6) is -0.421. The molecule has 0 radical (unpaired) electrons. The SMILES string of the molecule is NC(=O)Cc1ccc(NC(=O)COc2ccc(S(=O)(=O)N3CCc4ccccc43)cc2)cc1. The van der Waals surface area contributed by atoms with Gasteiger partial charge in [-0.2, -0.15) is 0 Å². The van der Waals surface area contributed by atoms with Crippen LogP contribution in [0, 0.1) is 0 Å². The highest BCUT2D eigenvalue weighted by atomic mass is 32.2. The van der Waals surface area contributed by atoms with Crippen LogP contribution in [0.15, 0.2) is 77.7 Å². The number of hydrogen-bond donors (Lipinski definition) is 2. The van der Waals surface area contributed by atoms with E-state index in [4.69, 9.17) is 10.5 Å². The van der Waals surface area contributed by atoms with Crippen molar-refractivity contribution in [3.05, 3.63) is 83.9 Å². The van der Waals surface area contributed by atoms with E-state index in [0.717, 1.165) is 11.1 Å². The van der Waals surface area contributed by atoms with E-state index in [1.54, 1.807) is 30.3 Å². The maximum atomic E-state index is 13.1. The summed E-state index contributed by atoms with van der Waals surface area (Å²) in [6, 6.07) is 20.2. The third kappa shape index (κ3) is 5.15. The lowest BCUT2D eigenvalue weighted by Crippen LogP contribution is -2.29. The van der Waals surface area contributed by atoms with Gasteiger partial charge in [-0.05, 0) is 60.0 Å². The zero-order valence-corrected chi connectivity index (χ0v) is 18.5. The van der Waals surface area contributed by atoms with Crippen LogP contribution in [0.1, 0.15) is 11.1 Å². The number of nitrogens with two attached hydrogens (primary N) is 1. The second kappa shape index (κ2) is 9.33. The number of primary amides is 1. The molecule has 0 saturated heterocycles. The van der Waals surface area contributed by atoms with E-state index in [1.165, 1.54) is 28.6 Å². The number of sulfonamides is 1. The smallest absolute Gasteiger partial charge is 0.264 e. The molecule has 0 atom stereocenters. The molecule has 1 aliphatic rings. The minimum absolute atomic E-state index is 0.132. The predicted molar refractivity (Wildman–Crippen MR) is 125 cm³/mol. The van der Waals surface area contributed by atoms with Crippen LogP contribution in [0.25, 0.3) is 0 Å². The van der Waals surface area contributed by atoms with Gasteiger partial charge in [0.1, 0.15) is 5.75 Å². The summed E-state index contributed by atoms with van der Waals surface area (Å²) in [7, 11) is -3.68. The molecule has 3 aromatic rings. The van der Waals surface area contributed by atoms with Crippen LogP contribution in [0.4, 0.5) is 11.4 Å². The highest BCUT2D eigenvalue weighted by Gasteiger charge is 2.30. The zero-order chi connectivity index (χ0) is 23.4. The van der Waals surface area contributed by atoms with Crippen molar-refractivity contribution in [2.24, 2.45) is 5.73 Å².